The Hall–Kier alpha value is -1.12. The minimum absolute atomic E-state index is 0.0588. The van der Waals surface area contributed by atoms with Crippen LogP contribution in [0, 0.1) is 0 Å². The van der Waals surface area contributed by atoms with Crippen LogP contribution in [0.3, 0.4) is 0 Å². The highest BCUT2D eigenvalue weighted by Crippen LogP contribution is 2.26. The van der Waals surface area contributed by atoms with Crippen LogP contribution in [0.4, 0.5) is 0 Å². The summed E-state index contributed by atoms with van der Waals surface area (Å²) in [6.45, 7) is 0.465. The maximum absolute atomic E-state index is 11.3. The van der Waals surface area contributed by atoms with E-state index in [-0.39, 0.29) is 11.7 Å². The van der Waals surface area contributed by atoms with Gasteiger partial charge in [-0.1, -0.05) is 5.57 Å². The van der Waals surface area contributed by atoms with Crippen molar-refractivity contribution in [3.05, 3.63) is 11.1 Å². The monoisotopic (exact) mass is 165 g/mol. The Kier molecular flexibility index (Phi) is 1.71. The van der Waals surface area contributed by atoms with Crippen LogP contribution in [-0.4, -0.2) is 18.2 Å². The smallest absolute Gasteiger partial charge is 0.224 e. The maximum atomic E-state index is 11.3. The van der Waals surface area contributed by atoms with Gasteiger partial charge in [0.15, 0.2) is 5.78 Å². The fraction of sp³-hybridized carbons (Fsp3) is 0.556. The highest BCUT2D eigenvalue weighted by atomic mass is 16.2. The lowest BCUT2D eigenvalue weighted by atomic mass is 9.87. The average Bonchev–Trinajstić information content (AvgIpc) is 2.04. The predicted octanol–water partition coefficient (Wildman–Crippen LogP) is 0.556. The first kappa shape index (κ1) is 7.53. The minimum Gasteiger partial charge on any atom is -0.352 e. The topological polar surface area (TPSA) is 46.2 Å². The Morgan fingerprint density at radius 2 is 2.00 bits per heavy atom. The van der Waals surface area contributed by atoms with Gasteiger partial charge in [-0.25, -0.2) is 0 Å². The third kappa shape index (κ3) is 1.15. The third-order valence-electron chi connectivity index (χ3n) is 2.48. The number of carbonyl (C=O) groups excluding carboxylic acids is 2. The summed E-state index contributed by atoms with van der Waals surface area (Å²) in [6, 6.07) is 0. The van der Waals surface area contributed by atoms with E-state index >= 15 is 0 Å². The summed E-state index contributed by atoms with van der Waals surface area (Å²) >= 11 is 0. The molecule has 3 nitrogen and oxygen atoms in total. The van der Waals surface area contributed by atoms with Crippen LogP contribution >= 0.6 is 0 Å². The lowest BCUT2D eigenvalue weighted by Crippen LogP contribution is -2.35. The number of carbonyl (C=O) groups is 2. The molecule has 1 amide bonds. The number of amides is 1. The second-order valence-corrected chi connectivity index (χ2v) is 3.31. The SMILES string of the molecule is O=C1CC2=C(CN1)C(=O)CCC2. The van der Waals surface area contributed by atoms with E-state index < -0.39 is 0 Å². The molecule has 0 aromatic heterocycles. The summed E-state index contributed by atoms with van der Waals surface area (Å²) in [6.07, 6.45) is 2.97. The van der Waals surface area contributed by atoms with E-state index in [1.165, 1.54) is 0 Å². The van der Waals surface area contributed by atoms with Crippen LogP contribution in [0.15, 0.2) is 11.1 Å². The number of Topliss-reactive ketones (excluding diaryl/α,β-unsaturated/α-hetero) is 1. The molecule has 0 unspecified atom stereocenters. The highest BCUT2D eigenvalue weighted by Gasteiger charge is 2.25. The van der Waals surface area contributed by atoms with E-state index in [2.05, 4.69) is 5.32 Å². The van der Waals surface area contributed by atoms with Crippen LogP contribution in [-0.2, 0) is 9.59 Å². The summed E-state index contributed by atoms with van der Waals surface area (Å²) in [5.41, 5.74) is 1.95. The maximum Gasteiger partial charge on any atom is 0.224 e. The molecule has 0 aromatic rings. The fourth-order valence-corrected chi connectivity index (χ4v) is 1.82. The first-order chi connectivity index (χ1) is 5.77. The Balaban J connectivity index is 2.30. The van der Waals surface area contributed by atoms with Crippen molar-refractivity contribution in [3.8, 4) is 0 Å². The summed E-state index contributed by atoms with van der Waals surface area (Å²) in [5, 5.41) is 2.69. The Labute approximate surface area is 70.8 Å². The number of ketones is 1. The van der Waals surface area contributed by atoms with Gasteiger partial charge in [0.2, 0.25) is 5.91 Å². The largest absolute Gasteiger partial charge is 0.352 e. The predicted molar refractivity (Wildman–Crippen MR) is 43.5 cm³/mol. The third-order valence-corrected chi connectivity index (χ3v) is 2.48. The van der Waals surface area contributed by atoms with Gasteiger partial charge in [-0.05, 0) is 12.8 Å². The lowest BCUT2D eigenvalue weighted by molar-refractivity contribution is -0.121. The van der Waals surface area contributed by atoms with Crippen molar-refractivity contribution in [3.63, 3.8) is 0 Å². The molecular weight excluding hydrogens is 154 g/mol. The zero-order valence-corrected chi connectivity index (χ0v) is 6.85. The van der Waals surface area contributed by atoms with Crippen LogP contribution in [0.5, 0.6) is 0 Å². The number of rotatable bonds is 0. The Bertz CT molecular complexity index is 278. The molecule has 1 heterocycles. The molecule has 12 heavy (non-hydrogen) atoms. The van der Waals surface area contributed by atoms with Gasteiger partial charge in [-0.2, -0.15) is 0 Å². The summed E-state index contributed by atoms with van der Waals surface area (Å²) in [7, 11) is 0. The van der Waals surface area contributed by atoms with Crippen molar-refractivity contribution in [2.75, 3.05) is 6.54 Å². The normalized spacial score (nSPS) is 23.7. The molecule has 0 spiro atoms. The number of nitrogens with one attached hydrogen (secondary N) is 1. The molecule has 2 aliphatic rings. The van der Waals surface area contributed by atoms with E-state index in [9.17, 15) is 9.59 Å². The fourth-order valence-electron chi connectivity index (χ4n) is 1.82. The average molecular weight is 165 g/mol. The van der Waals surface area contributed by atoms with Crippen molar-refractivity contribution in [2.45, 2.75) is 25.7 Å². The van der Waals surface area contributed by atoms with Crippen molar-refractivity contribution < 1.29 is 9.59 Å². The molecule has 1 aliphatic carbocycles. The first-order valence-corrected chi connectivity index (χ1v) is 4.28. The van der Waals surface area contributed by atoms with Crippen molar-refractivity contribution in [1.82, 2.24) is 5.32 Å². The lowest BCUT2D eigenvalue weighted by Gasteiger charge is -2.23. The van der Waals surface area contributed by atoms with Gasteiger partial charge >= 0.3 is 0 Å². The molecule has 3 heteroatoms. The second-order valence-electron chi connectivity index (χ2n) is 3.31. The van der Waals surface area contributed by atoms with E-state index in [4.69, 9.17) is 0 Å². The van der Waals surface area contributed by atoms with Gasteiger partial charge in [0.05, 0.1) is 0 Å². The first-order valence-electron chi connectivity index (χ1n) is 4.28. The summed E-state index contributed by atoms with van der Waals surface area (Å²) < 4.78 is 0. The molecule has 64 valence electrons. The zero-order chi connectivity index (χ0) is 8.55. The van der Waals surface area contributed by atoms with Gasteiger partial charge in [-0.15, -0.1) is 0 Å². The molecule has 0 radical (unpaired) electrons. The number of hydrogen-bond acceptors (Lipinski definition) is 2. The van der Waals surface area contributed by atoms with E-state index in [0.29, 0.717) is 19.4 Å². The van der Waals surface area contributed by atoms with Crippen molar-refractivity contribution in [2.24, 2.45) is 0 Å². The van der Waals surface area contributed by atoms with Gasteiger partial charge in [0.1, 0.15) is 0 Å². The Morgan fingerprint density at radius 3 is 2.83 bits per heavy atom. The van der Waals surface area contributed by atoms with Crippen LogP contribution in [0.2, 0.25) is 0 Å². The van der Waals surface area contributed by atoms with Gasteiger partial charge < -0.3 is 5.32 Å². The quantitative estimate of drug-likeness (QED) is 0.570. The van der Waals surface area contributed by atoms with Crippen LogP contribution in [0.1, 0.15) is 25.7 Å². The molecule has 1 aliphatic heterocycles. The van der Waals surface area contributed by atoms with Crippen molar-refractivity contribution in [1.29, 1.82) is 0 Å². The van der Waals surface area contributed by atoms with Crippen LogP contribution in [0.25, 0.3) is 0 Å². The van der Waals surface area contributed by atoms with E-state index in [1.54, 1.807) is 0 Å². The molecule has 0 bridgehead atoms. The molecular formula is C9H11NO2. The van der Waals surface area contributed by atoms with Gasteiger partial charge in [0.25, 0.3) is 0 Å². The van der Waals surface area contributed by atoms with Crippen molar-refractivity contribution >= 4 is 11.7 Å². The van der Waals surface area contributed by atoms with Crippen LogP contribution < -0.4 is 5.32 Å². The van der Waals surface area contributed by atoms with E-state index in [1.807, 2.05) is 0 Å². The van der Waals surface area contributed by atoms with Gasteiger partial charge in [0, 0.05) is 25.0 Å². The highest BCUT2D eigenvalue weighted by molar-refractivity contribution is 6.00. The molecule has 0 fully saturated rings. The minimum atomic E-state index is 0.0588. The molecule has 1 N–H and O–H groups in total. The Morgan fingerprint density at radius 1 is 1.17 bits per heavy atom. The molecule has 0 saturated carbocycles. The van der Waals surface area contributed by atoms with Gasteiger partial charge in [-0.3, -0.25) is 9.59 Å². The molecule has 0 aromatic carbocycles. The number of hydrogen-bond donors (Lipinski definition) is 1. The standard InChI is InChI=1S/C9H11NO2/c11-8-3-1-2-6-4-9(12)10-5-7(6)8/h1-5H2,(H,10,12). The zero-order valence-electron chi connectivity index (χ0n) is 6.85. The summed E-state index contributed by atoms with van der Waals surface area (Å²) in [5.74, 6) is 0.291. The summed E-state index contributed by atoms with van der Waals surface area (Å²) in [4.78, 5) is 22.3. The second kappa shape index (κ2) is 2.73. The van der Waals surface area contributed by atoms with E-state index in [0.717, 1.165) is 24.0 Å². The molecule has 2 rings (SSSR count). The molecule has 0 saturated heterocycles. The molecule has 0 atom stereocenters.